The highest BCUT2D eigenvalue weighted by Gasteiger charge is 2.57. The molecule has 0 N–H and O–H groups in total. The van der Waals surface area contributed by atoms with Gasteiger partial charge in [0.25, 0.3) is 0 Å². The molecule has 0 saturated heterocycles. The Morgan fingerprint density at radius 2 is 0.800 bits per heavy atom. The molecule has 292 valence electrons. The molecule has 0 aliphatic heterocycles. The minimum Gasteiger partial charge on any atom is -0.311 e. The second kappa shape index (κ2) is 15.0. The van der Waals surface area contributed by atoms with Gasteiger partial charge in [-0.2, -0.15) is 0 Å². The molecule has 1 spiro atoms. The van der Waals surface area contributed by atoms with E-state index in [1.54, 1.807) is 11.1 Å². The zero-order valence-electron chi connectivity index (χ0n) is 34.6. The van der Waals surface area contributed by atoms with Crippen LogP contribution < -0.4 is 4.90 Å². The molecule has 3 aliphatic carbocycles. The van der Waals surface area contributed by atoms with Crippen LogP contribution in [0.1, 0.15) is 50.7 Å². The molecule has 2 saturated carbocycles. The van der Waals surface area contributed by atoms with E-state index in [9.17, 15) is 0 Å². The third kappa shape index (κ3) is 6.14. The Kier molecular flexibility index (Phi) is 9.15. The molecule has 5 unspecified atom stereocenters. The Morgan fingerprint density at radius 3 is 1.35 bits per heavy atom. The molecular weight excluding hydrogens is 723 g/mol. The van der Waals surface area contributed by atoms with Crippen molar-refractivity contribution in [2.75, 3.05) is 4.90 Å². The van der Waals surface area contributed by atoms with Crippen molar-refractivity contribution in [3.8, 4) is 55.6 Å². The fourth-order valence-electron chi connectivity index (χ4n) is 12.0. The van der Waals surface area contributed by atoms with Gasteiger partial charge in [-0.15, -0.1) is 0 Å². The second-order valence-corrected chi connectivity index (χ2v) is 17.9. The molecule has 1 nitrogen and oxygen atoms in total. The lowest BCUT2D eigenvalue weighted by atomic mass is 9.49. The van der Waals surface area contributed by atoms with E-state index in [0.717, 1.165) is 28.9 Å². The number of hydrogen-bond acceptors (Lipinski definition) is 1. The Hall–Kier alpha value is -6.44. The maximum atomic E-state index is 2.57. The van der Waals surface area contributed by atoms with Gasteiger partial charge in [0.1, 0.15) is 0 Å². The number of nitrogens with zero attached hydrogens (tertiary/aromatic N) is 1. The molecule has 3 aliphatic rings. The van der Waals surface area contributed by atoms with Gasteiger partial charge in [-0.3, -0.25) is 0 Å². The first kappa shape index (κ1) is 36.6. The first-order chi connectivity index (χ1) is 29.5. The Labute approximate surface area is 356 Å². The van der Waals surface area contributed by atoms with Crippen molar-refractivity contribution >= 4 is 17.1 Å². The van der Waals surface area contributed by atoms with Crippen LogP contribution in [0.3, 0.4) is 0 Å². The predicted molar refractivity (Wildman–Crippen MR) is 253 cm³/mol. The van der Waals surface area contributed by atoms with Gasteiger partial charge in [0.05, 0.1) is 0 Å². The van der Waals surface area contributed by atoms with E-state index >= 15 is 0 Å². The molecule has 60 heavy (non-hydrogen) atoms. The van der Waals surface area contributed by atoms with E-state index in [2.05, 4.69) is 219 Å². The van der Waals surface area contributed by atoms with Crippen LogP contribution in [0.2, 0.25) is 0 Å². The van der Waals surface area contributed by atoms with Crippen LogP contribution in [0.5, 0.6) is 0 Å². The lowest BCUT2D eigenvalue weighted by Gasteiger charge is -2.54. The summed E-state index contributed by atoms with van der Waals surface area (Å²) in [5, 5.41) is 0. The Balaban J connectivity index is 0.931. The first-order valence-corrected chi connectivity index (χ1v) is 22.1. The molecule has 8 aromatic carbocycles. The summed E-state index contributed by atoms with van der Waals surface area (Å²) in [6.07, 6.45) is 5.42. The van der Waals surface area contributed by atoms with Crippen molar-refractivity contribution in [3.63, 3.8) is 0 Å². The summed E-state index contributed by atoms with van der Waals surface area (Å²) in [5.74, 6) is 2.94. The minimum absolute atomic E-state index is 0.0673. The van der Waals surface area contributed by atoms with Crippen LogP contribution in [-0.2, 0) is 5.41 Å². The monoisotopic (exact) mass is 773 g/mol. The highest BCUT2D eigenvalue weighted by Crippen LogP contribution is 2.66. The van der Waals surface area contributed by atoms with Gasteiger partial charge in [-0.05, 0) is 153 Å². The van der Waals surface area contributed by atoms with Crippen LogP contribution >= 0.6 is 0 Å². The summed E-state index contributed by atoms with van der Waals surface area (Å²) >= 11 is 0. The molecule has 0 radical (unpaired) electrons. The Morgan fingerprint density at radius 1 is 0.367 bits per heavy atom. The topological polar surface area (TPSA) is 3.24 Å². The summed E-state index contributed by atoms with van der Waals surface area (Å²) in [6, 6.07) is 74.2. The smallest absolute Gasteiger partial charge is 0.0462 e. The molecule has 0 heterocycles. The lowest BCUT2D eigenvalue weighted by molar-refractivity contribution is 0.0429. The number of hydrogen-bond donors (Lipinski definition) is 0. The zero-order chi connectivity index (χ0) is 40.2. The molecular formula is C59H51N. The van der Waals surface area contributed by atoms with Crippen LogP contribution in [0.4, 0.5) is 17.1 Å². The van der Waals surface area contributed by atoms with Gasteiger partial charge in [0.15, 0.2) is 0 Å². The number of anilines is 3. The SMILES string of the molecule is CC1CC2CC(C)C3(c4ccccc4-c4cccc(-c5ccc(-c6ccc(N(c7ccc(-c8ccccc8)cc7)c7ccc(-c8ccccc8)cc7)cc6)cc5)c43)C(C1)C2. The maximum absolute atomic E-state index is 2.57. The van der Waals surface area contributed by atoms with E-state index in [-0.39, 0.29) is 5.41 Å². The fraction of sp³-hybridized carbons (Fsp3) is 0.186. The quantitative estimate of drug-likeness (QED) is 0.156. The third-order valence-corrected chi connectivity index (χ3v) is 14.4. The van der Waals surface area contributed by atoms with Crippen molar-refractivity contribution in [1.82, 2.24) is 0 Å². The van der Waals surface area contributed by atoms with Crippen molar-refractivity contribution in [2.24, 2.45) is 23.7 Å². The highest BCUT2D eigenvalue weighted by atomic mass is 15.1. The average molecular weight is 774 g/mol. The van der Waals surface area contributed by atoms with Crippen LogP contribution in [0.25, 0.3) is 55.6 Å². The van der Waals surface area contributed by atoms with E-state index < -0.39 is 0 Å². The number of benzene rings is 8. The molecule has 2 bridgehead atoms. The zero-order valence-corrected chi connectivity index (χ0v) is 34.6. The third-order valence-electron chi connectivity index (χ3n) is 14.4. The van der Waals surface area contributed by atoms with Crippen molar-refractivity contribution in [2.45, 2.75) is 44.9 Å². The predicted octanol–water partition coefficient (Wildman–Crippen LogP) is 16.2. The molecule has 0 amide bonds. The normalized spacial score (nSPS) is 21.3. The molecule has 1 heteroatoms. The van der Waals surface area contributed by atoms with Crippen LogP contribution in [0, 0.1) is 23.7 Å². The van der Waals surface area contributed by atoms with Crippen molar-refractivity contribution in [3.05, 3.63) is 211 Å². The van der Waals surface area contributed by atoms with Gasteiger partial charge in [-0.1, -0.05) is 178 Å². The summed E-state index contributed by atoms with van der Waals surface area (Å²) < 4.78 is 0. The fourth-order valence-corrected chi connectivity index (χ4v) is 12.0. The summed E-state index contributed by atoms with van der Waals surface area (Å²) in [7, 11) is 0. The summed E-state index contributed by atoms with van der Waals surface area (Å²) in [4.78, 5) is 2.36. The van der Waals surface area contributed by atoms with Crippen LogP contribution in [-0.4, -0.2) is 0 Å². The van der Waals surface area contributed by atoms with E-state index in [0.29, 0.717) is 11.8 Å². The minimum atomic E-state index is 0.0673. The van der Waals surface area contributed by atoms with E-state index in [4.69, 9.17) is 0 Å². The lowest BCUT2D eigenvalue weighted by Crippen LogP contribution is -2.49. The van der Waals surface area contributed by atoms with E-state index in [1.807, 2.05) is 0 Å². The number of fused-ring (bicyclic) bond motifs is 8. The summed E-state index contributed by atoms with van der Waals surface area (Å²) in [5.41, 5.74) is 19.6. The molecule has 5 atom stereocenters. The van der Waals surface area contributed by atoms with Crippen molar-refractivity contribution < 1.29 is 0 Å². The van der Waals surface area contributed by atoms with Gasteiger partial charge in [-0.25, -0.2) is 0 Å². The maximum Gasteiger partial charge on any atom is 0.0462 e. The average Bonchev–Trinajstić information content (AvgIpc) is 3.61. The number of rotatable bonds is 7. The van der Waals surface area contributed by atoms with Gasteiger partial charge < -0.3 is 4.90 Å². The molecule has 0 aromatic heterocycles. The first-order valence-electron chi connectivity index (χ1n) is 22.1. The van der Waals surface area contributed by atoms with Gasteiger partial charge >= 0.3 is 0 Å². The van der Waals surface area contributed by atoms with Crippen LogP contribution in [0.15, 0.2) is 200 Å². The molecule has 2 fully saturated rings. The van der Waals surface area contributed by atoms with Crippen molar-refractivity contribution in [1.29, 1.82) is 0 Å². The molecule has 8 aromatic rings. The summed E-state index contributed by atoms with van der Waals surface area (Å²) in [6.45, 7) is 5.08. The largest absolute Gasteiger partial charge is 0.311 e. The van der Waals surface area contributed by atoms with E-state index in [1.165, 1.54) is 81.3 Å². The highest BCUT2D eigenvalue weighted by molar-refractivity contribution is 5.90. The second-order valence-electron chi connectivity index (χ2n) is 17.9. The Bertz CT molecular complexity index is 2680. The van der Waals surface area contributed by atoms with Gasteiger partial charge in [0.2, 0.25) is 0 Å². The standard InChI is InChI=1S/C59H51N/c1-40-36-42-38-41(2)59(50(37-40)39-42)57-19-10-9-16-55(57)56-18-11-17-54(58(56)59)49-22-20-45(21-23-49)48-28-34-53(35-29-48)60(51-30-24-46(25-31-51)43-12-5-3-6-13-43)52-32-26-47(27-33-52)44-14-7-4-8-15-44/h3-35,40-42,50H,36-39H2,1-2H3. The van der Waals surface area contributed by atoms with Gasteiger partial charge in [0, 0.05) is 22.5 Å². The molecule has 11 rings (SSSR count).